The van der Waals surface area contributed by atoms with Gasteiger partial charge in [-0.05, 0) is 24.3 Å². The van der Waals surface area contributed by atoms with Crippen LogP contribution in [0, 0.1) is 17.5 Å². The van der Waals surface area contributed by atoms with Crippen molar-refractivity contribution >= 4 is 11.6 Å². The van der Waals surface area contributed by atoms with Gasteiger partial charge in [-0.3, -0.25) is 9.59 Å². The van der Waals surface area contributed by atoms with Gasteiger partial charge in [0.05, 0.1) is 32.1 Å². The van der Waals surface area contributed by atoms with Crippen LogP contribution in [0.25, 0.3) is 5.69 Å². The molecule has 0 saturated heterocycles. The lowest BCUT2D eigenvalue weighted by Gasteiger charge is -2.14. The van der Waals surface area contributed by atoms with Gasteiger partial charge in [0.2, 0.25) is 5.91 Å². The van der Waals surface area contributed by atoms with E-state index in [1.807, 2.05) is 0 Å². The fourth-order valence-corrected chi connectivity index (χ4v) is 2.91. The van der Waals surface area contributed by atoms with Crippen molar-refractivity contribution in [1.29, 1.82) is 0 Å². The summed E-state index contributed by atoms with van der Waals surface area (Å²) in [5, 5.41) is 6.11. The zero-order valence-electron chi connectivity index (χ0n) is 17.1. The van der Waals surface area contributed by atoms with Crippen molar-refractivity contribution in [2.45, 2.75) is 13.5 Å². The minimum Gasteiger partial charge on any atom is -0.496 e. The van der Waals surface area contributed by atoms with E-state index >= 15 is 0 Å². The molecular formula is C20H17F3N4O5. The van der Waals surface area contributed by atoms with E-state index in [9.17, 15) is 27.6 Å². The Kier molecular flexibility index (Phi) is 6.32. The Hall–Kier alpha value is -4.09. The molecule has 0 saturated carbocycles. The van der Waals surface area contributed by atoms with Gasteiger partial charge in [-0.2, -0.15) is 4.68 Å². The summed E-state index contributed by atoms with van der Waals surface area (Å²) < 4.78 is 52.7. The van der Waals surface area contributed by atoms with Crippen molar-refractivity contribution in [2.75, 3.05) is 19.5 Å². The summed E-state index contributed by atoms with van der Waals surface area (Å²) in [4.78, 5) is 37.0. The first-order valence-corrected chi connectivity index (χ1v) is 9.03. The highest BCUT2D eigenvalue weighted by Gasteiger charge is 2.19. The van der Waals surface area contributed by atoms with Crippen LogP contribution in [0.5, 0.6) is 11.6 Å². The van der Waals surface area contributed by atoms with E-state index < -0.39 is 47.0 Å². The Morgan fingerprint density at radius 1 is 1.03 bits per heavy atom. The summed E-state index contributed by atoms with van der Waals surface area (Å²) >= 11 is 0. The molecule has 0 bridgehead atoms. The number of nitrogens with zero attached hydrogens (tertiary/aromatic N) is 3. The second kappa shape index (κ2) is 8.96. The van der Waals surface area contributed by atoms with Crippen LogP contribution in [-0.4, -0.2) is 34.5 Å². The summed E-state index contributed by atoms with van der Waals surface area (Å²) in [6.45, 7) is 0.672. The second-order valence-corrected chi connectivity index (χ2v) is 6.52. The predicted molar refractivity (Wildman–Crippen MR) is 107 cm³/mol. The Morgan fingerprint density at radius 3 is 2.34 bits per heavy atom. The third-order valence-corrected chi connectivity index (χ3v) is 4.38. The number of amides is 1. The first-order chi connectivity index (χ1) is 15.2. The van der Waals surface area contributed by atoms with Gasteiger partial charge < -0.3 is 14.8 Å². The van der Waals surface area contributed by atoms with Crippen LogP contribution in [-0.2, 0) is 11.3 Å². The first kappa shape index (κ1) is 22.6. The molecule has 1 heterocycles. The number of hydrogen-bond donors (Lipinski definition) is 1. The molecule has 0 aliphatic rings. The van der Waals surface area contributed by atoms with Crippen molar-refractivity contribution in [1.82, 2.24) is 14.3 Å². The molecule has 0 spiro atoms. The van der Waals surface area contributed by atoms with E-state index in [1.54, 1.807) is 0 Å². The third-order valence-electron chi connectivity index (χ3n) is 4.38. The van der Waals surface area contributed by atoms with Crippen LogP contribution in [0.4, 0.5) is 18.9 Å². The normalized spacial score (nSPS) is 10.7. The van der Waals surface area contributed by atoms with Gasteiger partial charge in [-0.25, -0.2) is 22.5 Å². The number of carbonyl (C=O) groups excluding carboxylic acids is 1. The number of benzene rings is 2. The summed E-state index contributed by atoms with van der Waals surface area (Å²) in [6.07, 6.45) is 0. The summed E-state index contributed by atoms with van der Waals surface area (Å²) in [5.74, 6) is -4.25. The van der Waals surface area contributed by atoms with Gasteiger partial charge in [0.15, 0.2) is 11.6 Å². The summed E-state index contributed by atoms with van der Waals surface area (Å²) in [5.41, 5.74) is -2.14. The highest BCUT2D eigenvalue weighted by atomic mass is 19.2. The van der Waals surface area contributed by atoms with Gasteiger partial charge in [-0.15, -0.1) is 5.10 Å². The SMILES string of the molecule is COc1cc(F)c(F)cc1Cn1c(=O)c(OC)nn(-c2ccc(F)c(NC(C)=O)c2)c1=O. The average molecular weight is 450 g/mol. The zero-order chi connectivity index (χ0) is 23.6. The van der Waals surface area contributed by atoms with Crippen LogP contribution in [0.15, 0.2) is 39.9 Å². The molecule has 168 valence electrons. The van der Waals surface area contributed by atoms with Gasteiger partial charge in [-0.1, -0.05) is 0 Å². The van der Waals surface area contributed by atoms with Crippen LogP contribution in [0.2, 0.25) is 0 Å². The smallest absolute Gasteiger partial charge is 0.352 e. The van der Waals surface area contributed by atoms with Gasteiger partial charge in [0, 0.05) is 18.6 Å². The molecule has 1 amide bonds. The molecule has 3 rings (SSSR count). The number of anilines is 1. The quantitative estimate of drug-likeness (QED) is 0.615. The van der Waals surface area contributed by atoms with Crippen LogP contribution < -0.4 is 26.0 Å². The number of methoxy groups -OCH3 is 2. The van der Waals surface area contributed by atoms with Crippen molar-refractivity contribution in [3.8, 4) is 17.3 Å². The van der Waals surface area contributed by atoms with Crippen LogP contribution in [0.1, 0.15) is 12.5 Å². The van der Waals surface area contributed by atoms with E-state index in [-0.39, 0.29) is 22.7 Å². The highest BCUT2D eigenvalue weighted by Crippen LogP contribution is 2.23. The molecule has 0 atom stereocenters. The van der Waals surface area contributed by atoms with Crippen molar-refractivity contribution < 1.29 is 27.4 Å². The summed E-state index contributed by atoms with van der Waals surface area (Å²) in [7, 11) is 2.36. The van der Waals surface area contributed by atoms with E-state index in [1.165, 1.54) is 20.1 Å². The Morgan fingerprint density at radius 2 is 1.72 bits per heavy atom. The van der Waals surface area contributed by atoms with Crippen LogP contribution >= 0.6 is 0 Å². The monoisotopic (exact) mass is 450 g/mol. The molecule has 0 radical (unpaired) electrons. The van der Waals surface area contributed by atoms with E-state index in [0.717, 1.165) is 36.1 Å². The number of carbonyl (C=O) groups is 1. The lowest BCUT2D eigenvalue weighted by molar-refractivity contribution is -0.114. The topological polar surface area (TPSA) is 104 Å². The highest BCUT2D eigenvalue weighted by molar-refractivity contribution is 5.89. The Bertz CT molecular complexity index is 1320. The molecule has 1 N–H and O–H groups in total. The molecular weight excluding hydrogens is 433 g/mol. The molecule has 1 aromatic heterocycles. The maximum atomic E-state index is 14.0. The standard InChI is InChI=1S/C20H17F3N4O5/c1-10(28)24-16-7-12(4-5-13(16)21)27-20(30)26(19(29)18(25-27)32-3)9-11-6-14(22)15(23)8-17(11)31-2/h4-8H,9H2,1-3H3,(H,24,28). The second-order valence-electron chi connectivity index (χ2n) is 6.52. The molecule has 0 unspecified atom stereocenters. The number of halogens is 3. The number of nitrogens with one attached hydrogen (secondary N) is 1. The Labute approximate surface area is 178 Å². The fraction of sp³-hybridized carbons (Fsp3) is 0.200. The molecule has 0 aliphatic heterocycles. The number of rotatable bonds is 6. The largest absolute Gasteiger partial charge is 0.496 e. The number of hydrogen-bond acceptors (Lipinski definition) is 6. The number of ether oxygens (including phenoxy) is 2. The van der Waals surface area contributed by atoms with Gasteiger partial charge in [0.1, 0.15) is 11.6 Å². The lowest BCUT2D eigenvalue weighted by Crippen LogP contribution is -2.41. The first-order valence-electron chi connectivity index (χ1n) is 9.03. The minimum absolute atomic E-state index is 0.00319. The van der Waals surface area contributed by atoms with Crippen molar-refractivity contribution in [3.05, 3.63) is 74.2 Å². The maximum absolute atomic E-state index is 14.0. The predicted octanol–water partition coefficient (Wildman–Crippen LogP) is 1.84. The molecule has 0 aliphatic carbocycles. The van der Waals surface area contributed by atoms with Gasteiger partial charge in [0.25, 0.3) is 5.88 Å². The van der Waals surface area contributed by atoms with E-state index in [2.05, 4.69) is 10.4 Å². The van der Waals surface area contributed by atoms with E-state index in [0.29, 0.717) is 4.57 Å². The number of aromatic nitrogens is 3. The molecule has 12 heteroatoms. The molecule has 32 heavy (non-hydrogen) atoms. The summed E-state index contributed by atoms with van der Waals surface area (Å²) in [6, 6.07) is 4.91. The van der Waals surface area contributed by atoms with Gasteiger partial charge >= 0.3 is 11.2 Å². The zero-order valence-corrected chi connectivity index (χ0v) is 17.1. The molecule has 3 aromatic rings. The lowest BCUT2D eigenvalue weighted by atomic mass is 10.2. The Balaban J connectivity index is 2.20. The van der Waals surface area contributed by atoms with Crippen molar-refractivity contribution in [2.24, 2.45) is 0 Å². The van der Waals surface area contributed by atoms with Crippen molar-refractivity contribution in [3.63, 3.8) is 0 Å². The average Bonchev–Trinajstić information content (AvgIpc) is 2.75. The minimum atomic E-state index is -1.20. The maximum Gasteiger partial charge on any atom is 0.352 e. The molecule has 2 aromatic carbocycles. The van der Waals surface area contributed by atoms with Crippen LogP contribution in [0.3, 0.4) is 0 Å². The fourth-order valence-electron chi connectivity index (χ4n) is 2.91. The molecule has 0 fully saturated rings. The molecule has 9 nitrogen and oxygen atoms in total. The third kappa shape index (κ3) is 4.33. The van der Waals surface area contributed by atoms with E-state index in [4.69, 9.17) is 9.47 Å².